The number of hydrogen-bond acceptors (Lipinski definition) is 6. The molecule has 1 N–H and O–H groups in total. The van der Waals surface area contributed by atoms with Crippen molar-refractivity contribution in [3.05, 3.63) is 23.8 Å². The smallest absolute Gasteiger partial charge is 0.306 e. The molecule has 168 valence electrons. The largest absolute Gasteiger partial charge is 0.493 e. The first kappa shape index (κ1) is 25.3. The van der Waals surface area contributed by atoms with Crippen LogP contribution in [0.25, 0.3) is 0 Å². The van der Waals surface area contributed by atoms with Gasteiger partial charge in [0.1, 0.15) is 5.60 Å². The first-order chi connectivity index (χ1) is 13.9. The molecule has 0 bridgehead atoms. The minimum Gasteiger partial charge on any atom is -0.493 e. The Kier molecular flexibility index (Phi) is 9.62. The predicted molar refractivity (Wildman–Crippen MR) is 114 cm³/mol. The van der Waals surface area contributed by atoms with Crippen LogP contribution in [0, 0.1) is 0 Å². The first-order valence-electron chi connectivity index (χ1n) is 10.0. The molecular formula is C22H34N2O6. The number of nitrogens with one attached hydrogen (secondary N) is 1. The molecule has 0 aromatic heterocycles. The molecule has 0 heterocycles. The van der Waals surface area contributed by atoms with E-state index in [0.717, 1.165) is 0 Å². The third-order valence-corrected chi connectivity index (χ3v) is 3.86. The lowest BCUT2D eigenvalue weighted by Crippen LogP contribution is -2.34. The van der Waals surface area contributed by atoms with Crippen molar-refractivity contribution in [2.45, 2.75) is 59.1 Å². The van der Waals surface area contributed by atoms with E-state index in [-0.39, 0.29) is 36.9 Å². The van der Waals surface area contributed by atoms with Crippen molar-refractivity contribution in [3.8, 4) is 11.5 Å². The van der Waals surface area contributed by atoms with Gasteiger partial charge < -0.3 is 24.4 Å². The number of ether oxygens (including phenoxy) is 3. The number of methoxy groups -OCH3 is 1. The lowest BCUT2D eigenvalue weighted by atomic mass is 10.1. The van der Waals surface area contributed by atoms with Crippen molar-refractivity contribution in [2.75, 3.05) is 27.3 Å². The fourth-order valence-corrected chi connectivity index (χ4v) is 2.60. The second-order valence-electron chi connectivity index (χ2n) is 8.29. The third kappa shape index (κ3) is 9.15. The average Bonchev–Trinajstić information content (AvgIpc) is 2.63. The molecule has 1 aromatic rings. The number of benzene rings is 1. The lowest BCUT2D eigenvalue weighted by molar-refractivity contribution is -0.155. The highest BCUT2D eigenvalue weighted by Crippen LogP contribution is 2.28. The fourth-order valence-electron chi connectivity index (χ4n) is 2.60. The van der Waals surface area contributed by atoms with E-state index in [1.807, 2.05) is 34.6 Å². The molecule has 1 aromatic carbocycles. The lowest BCUT2D eigenvalue weighted by Gasteiger charge is -2.21. The number of esters is 1. The van der Waals surface area contributed by atoms with Crippen LogP contribution in [0.5, 0.6) is 11.5 Å². The summed E-state index contributed by atoms with van der Waals surface area (Å²) in [5, 5.41) is 2.74. The summed E-state index contributed by atoms with van der Waals surface area (Å²) in [7, 11) is 3.14. The minimum absolute atomic E-state index is 0.0221. The standard InChI is InChI=1S/C22H34N2O6/c1-15(2)23-19(25)14-29-17-11-10-16(13-18(17)28-7)21(27)24(6)12-8-9-20(26)30-22(3,4)5/h10-11,13,15H,8-9,12,14H2,1-7H3,(H,23,25). The van der Waals surface area contributed by atoms with Gasteiger partial charge in [-0.1, -0.05) is 0 Å². The van der Waals surface area contributed by atoms with Crippen molar-refractivity contribution in [3.63, 3.8) is 0 Å². The van der Waals surface area contributed by atoms with Gasteiger partial charge in [-0.05, 0) is 59.2 Å². The zero-order chi connectivity index (χ0) is 22.9. The molecule has 0 radical (unpaired) electrons. The van der Waals surface area contributed by atoms with Crippen molar-refractivity contribution in [1.29, 1.82) is 0 Å². The van der Waals surface area contributed by atoms with Crippen LogP contribution in [-0.4, -0.2) is 61.6 Å². The molecule has 0 saturated carbocycles. The van der Waals surface area contributed by atoms with Crippen LogP contribution in [0.1, 0.15) is 57.8 Å². The summed E-state index contributed by atoms with van der Waals surface area (Å²) in [5.41, 5.74) is -0.0974. The summed E-state index contributed by atoms with van der Waals surface area (Å²) in [6.07, 6.45) is 0.740. The molecule has 0 fully saturated rings. The van der Waals surface area contributed by atoms with Crippen LogP contribution in [0.3, 0.4) is 0 Å². The van der Waals surface area contributed by atoms with Crippen LogP contribution >= 0.6 is 0 Å². The summed E-state index contributed by atoms with van der Waals surface area (Å²) in [6, 6.07) is 4.81. The Bertz CT molecular complexity index is 740. The zero-order valence-electron chi connectivity index (χ0n) is 19.0. The molecule has 0 aliphatic heterocycles. The summed E-state index contributed by atoms with van der Waals surface area (Å²) >= 11 is 0. The van der Waals surface area contributed by atoms with Crippen LogP contribution in [0.4, 0.5) is 0 Å². The zero-order valence-corrected chi connectivity index (χ0v) is 19.0. The molecule has 30 heavy (non-hydrogen) atoms. The summed E-state index contributed by atoms with van der Waals surface area (Å²) < 4.78 is 16.1. The second-order valence-corrected chi connectivity index (χ2v) is 8.29. The SMILES string of the molecule is COc1cc(C(=O)N(C)CCCC(=O)OC(C)(C)C)ccc1OCC(=O)NC(C)C. The molecule has 0 spiro atoms. The molecule has 0 unspecified atom stereocenters. The second kappa shape index (κ2) is 11.4. The average molecular weight is 423 g/mol. The third-order valence-electron chi connectivity index (χ3n) is 3.86. The number of rotatable bonds is 10. The van der Waals surface area contributed by atoms with Gasteiger partial charge in [0.05, 0.1) is 7.11 Å². The van der Waals surface area contributed by atoms with Crippen molar-refractivity contribution in [1.82, 2.24) is 10.2 Å². The highest BCUT2D eigenvalue weighted by atomic mass is 16.6. The monoisotopic (exact) mass is 422 g/mol. The van der Waals surface area contributed by atoms with Crippen molar-refractivity contribution < 1.29 is 28.6 Å². The van der Waals surface area contributed by atoms with E-state index in [4.69, 9.17) is 14.2 Å². The molecule has 2 amide bonds. The van der Waals surface area contributed by atoms with E-state index < -0.39 is 5.60 Å². The van der Waals surface area contributed by atoms with E-state index in [9.17, 15) is 14.4 Å². The Labute approximate surface area is 178 Å². The molecule has 8 heteroatoms. The van der Waals surface area contributed by atoms with Crippen LogP contribution in [0.2, 0.25) is 0 Å². The maximum absolute atomic E-state index is 12.7. The maximum Gasteiger partial charge on any atom is 0.306 e. The van der Waals surface area contributed by atoms with E-state index in [1.165, 1.54) is 12.0 Å². The number of nitrogens with zero attached hydrogens (tertiary/aromatic N) is 1. The van der Waals surface area contributed by atoms with Crippen LogP contribution < -0.4 is 14.8 Å². The number of amides is 2. The summed E-state index contributed by atoms with van der Waals surface area (Å²) in [4.78, 5) is 37.7. The quantitative estimate of drug-likeness (QED) is 0.583. The van der Waals surface area contributed by atoms with Gasteiger partial charge in [-0.3, -0.25) is 14.4 Å². The van der Waals surface area contributed by atoms with Gasteiger partial charge in [-0.25, -0.2) is 0 Å². The number of carbonyl (C=O) groups is 3. The van der Waals surface area contributed by atoms with E-state index in [1.54, 1.807) is 25.2 Å². The Hall–Kier alpha value is -2.77. The van der Waals surface area contributed by atoms with Gasteiger partial charge in [0.25, 0.3) is 11.8 Å². The molecule has 8 nitrogen and oxygen atoms in total. The van der Waals surface area contributed by atoms with Crippen LogP contribution in [0.15, 0.2) is 18.2 Å². The van der Waals surface area contributed by atoms with E-state index >= 15 is 0 Å². The highest BCUT2D eigenvalue weighted by Gasteiger charge is 2.18. The van der Waals surface area contributed by atoms with Gasteiger partial charge in [0, 0.05) is 31.6 Å². The molecule has 0 aliphatic rings. The predicted octanol–water partition coefficient (Wildman–Crippen LogP) is 2.79. The highest BCUT2D eigenvalue weighted by molar-refractivity contribution is 5.94. The summed E-state index contributed by atoms with van der Waals surface area (Å²) in [6.45, 7) is 9.44. The minimum atomic E-state index is -0.519. The van der Waals surface area contributed by atoms with Gasteiger partial charge in [-0.15, -0.1) is 0 Å². The van der Waals surface area contributed by atoms with Gasteiger partial charge in [-0.2, -0.15) is 0 Å². The normalized spacial score (nSPS) is 11.1. The first-order valence-corrected chi connectivity index (χ1v) is 10.0. The Morgan fingerprint density at radius 3 is 2.37 bits per heavy atom. The van der Waals surface area contributed by atoms with Crippen molar-refractivity contribution >= 4 is 17.8 Å². The molecule has 1 rings (SSSR count). The topological polar surface area (TPSA) is 94.2 Å². The number of hydrogen-bond donors (Lipinski definition) is 1. The van der Waals surface area contributed by atoms with Crippen molar-refractivity contribution in [2.24, 2.45) is 0 Å². The molecule has 0 aliphatic carbocycles. The summed E-state index contributed by atoms with van der Waals surface area (Å²) in [5.74, 6) is 0.00688. The molecular weight excluding hydrogens is 388 g/mol. The van der Waals surface area contributed by atoms with E-state index in [0.29, 0.717) is 30.0 Å². The Morgan fingerprint density at radius 2 is 1.80 bits per heavy atom. The van der Waals surface area contributed by atoms with Crippen LogP contribution in [-0.2, 0) is 14.3 Å². The fraction of sp³-hybridized carbons (Fsp3) is 0.591. The van der Waals surface area contributed by atoms with E-state index in [2.05, 4.69) is 5.32 Å². The van der Waals surface area contributed by atoms with Gasteiger partial charge in [0.2, 0.25) is 0 Å². The number of carbonyl (C=O) groups excluding carboxylic acids is 3. The van der Waals surface area contributed by atoms with Gasteiger partial charge >= 0.3 is 5.97 Å². The maximum atomic E-state index is 12.7. The van der Waals surface area contributed by atoms with Gasteiger partial charge in [0.15, 0.2) is 18.1 Å². The molecule has 0 saturated heterocycles. The Balaban J connectivity index is 2.64. The Morgan fingerprint density at radius 1 is 1.13 bits per heavy atom. The molecule has 0 atom stereocenters.